The Morgan fingerprint density at radius 1 is 1.06 bits per heavy atom. The van der Waals surface area contributed by atoms with Crippen LogP contribution in [0.4, 0.5) is 0 Å². The predicted octanol–water partition coefficient (Wildman–Crippen LogP) is 4.37. The maximum absolute atomic E-state index is 13.6. The maximum atomic E-state index is 13.6. The average molecular weight is 429 g/mol. The van der Waals surface area contributed by atoms with Gasteiger partial charge in [0, 0.05) is 45.3 Å². The number of hydrogen-bond donors (Lipinski definition) is 0. The molecule has 1 amide bonds. The van der Waals surface area contributed by atoms with Gasteiger partial charge in [0.1, 0.15) is 0 Å². The number of likely N-dealkylation sites (tertiary alicyclic amines) is 1. The minimum absolute atomic E-state index is 0.212. The summed E-state index contributed by atoms with van der Waals surface area (Å²) >= 11 is 0. The monoisotopic (exact) mass is 428 g/mol. The van der Waals surface area contributed by atoms with Crippen molar-refractivity contribution in [3.8, 4) is 11.1 Å². The number of aromatic nitrogens is 2. The summed E-state index contributed by atoms with van der Waals surface area (Å²) in [6, 6.07) is 18.7. The molecule has 1 fully saturated rings. The quantitative estimate of drug-likeness (QED) is 0.585. The van der Waals surface area contributed by atoms with Crippen molar-refractivity contribution in [2.75, 3.05) is 27.2 Å². The largest absolute Gasteiger partial charge is 0.348 e. The lowest BCUT2D eigenvalue weighted by atomic mass is 9.73. The molecule has 4 rings (SSSR count). The third kappa shape index (κ3) is 4.89. The maximum Gasteiger partial charge on any atom is 0.229 e. The zero-order chi connectivity index (χ0) is 22.6. The summed E-state index contributed by atoms with van der Waals surface area (Å²) in [6.45, 7) is 4.53. The first-order valence-electron chi connectivity index (χ1n) is 11.3. The summed E-state index contributed by atoms with van der Waals surface area (Å²) in [5, 5.41) is 0. The highest BCUT2D eigenvalue weighted by molar-refractivity contribution is 5.83. The van der Waals surface area contributed by atoms with Gasteiger partial charge in [0.2, 0.25) is 5.91 Å². The first-order chi connectivity index (χ1) is 15.5. The molecular formula is C27H32N4O. The fourth-order valence-electron chi connectivity index (χ4n) is 5.00. The second-order valence-electron chi connectivity index (χ2n) is 9.13. The van der Waals surface area contributed by atoms with Crippen LogP contribution >= 0.6 is 0 Å². The van der Waals surface area contributed by atoms with Crippen molar-refractivity contribution < 1.29 is 4.79 Å². The lowest BCUT2D eigenvalue weighted by Gasteiger charge is -2.43. The van der Waals surface area contributed by atoms with Crippen LogP contribution in [-0.4, -0.2) is 52.9 Å². The molecular weight excluding hydrogens is 396 g/mol. The van der Waals surface area contributed by atoms with E-state index in [-0.39, 0.29) is 5.91 Å². The van der Waals surface area contributed by atoms with Crippen LogP contribution in [0.5, 0.6) is 0 Å². The van der Waals surface area contributed by atoms with Gasteiger partial charge in [-0.05, 0) is 73.7 Å². The fraction of sp³-hybridized carbons (Fsp3) is 0.370. The van der Waals surface area contributed by atoms with Crippen molar-refractivity contribution in [1.82, 2.24) is 19.8 Å². The molecule has 1 aliphatic heterocycles. The smallest absolute Gasteiger partial charge is 0.229 e. The van der Waals surface area contributed by atoms with E-state index in [4.69, 9.17) is 0 Å². The van der Waals surface area contributed by atoms with Crippen molar-refractivity contribution in [3.05, 3.63) is 83.9 Å². The van der Waals surface area contributed by atoms with E-state index >= 15 is 0 Å². The number of nitrogens with zero attached hydrogens (tertiary/aromatic N) is 4. The lowest BCUT2D eigenvalue weighted by molar-refractivity contribution is -0.143. The predicted molar refractivity (Wildman–Crippen MR) is 128 cm³/mol. The molecule has 3 aromatic rings. The van der Waals surface area contributed by atoms with E-state index in [1.165, 1.54) is 11.1 Å². The Balaban J connectivity index is 1.65. The molecule has 2 aromatic heterocycles. The molecule has 1 saturated heterocycles. The Kier molecular flexibility index (Phi) is 6.66. The van der Waals surface area contributed by atoms with Gasteiger partial charge in [0.25, 0.3) is 0 Å². The summed E-state index contributed by atoms with van der Waals surface area (Å²) in [6.07, 6.45) is 6.27. The third-order valence-corrected chi connectivity index (χ3v) is 6.38. The summed E-state index contributed by atoms with van der Waals surface area (Å²) in [5.74, 6) is 0.212. The van der Waals surface area contributed by atoms with Crippen molar-refractivity contribution in [2.45, 2.75) is 32.7 Å². The fourth-order valence-corrected chi connectivity index (χ4v) is 5.00. The van der Waals surface area contributed by atoms with Gasteiger partial charge in [0.15, 0.2) is 0 Å². The van der Waals surface area contributed by atoms with Gasteiger partial charge in [-0.25, -0.2) is 0 Å². The van der Waals surface area contributed by atoms with Gasteiger partial charge in [0.05, 0.1) is 11.1 Å². The number of carbonyl (C=O) groups excluding carboxylic acids is 1. The van der Waals surface area contributed by atoms with Crippen molar-refractivity contribution >= 4 is 5.91 Å². The summed E-state index contributed by atoms with van der Waals surface area (Å²) in [5.41, 5.74) is 5.17. The lowest BCUT2D eigenvalue weighted by Crippen LogP contribution is -2.52. The number of hydrogen-bond acceptors (Lipinski definition) is 4. The molecule has 0 radical (unpaired) electrons. The van der Waals surface area contributed by atoms with Gasteiger partial charge < -0.3 is 4.90 Å². The zero-order valence-corrected chi connectivity index (χ0v) is 19.3. The molecule has 0 bridgehead atoms. The van der Waals surface area contributed by atoms with E-state index in [0.717, 1.165) is 55.8 Å². The molecule has 0 saturated carbocycles. The van der Waals surface area contributed by atoms with Gasteiger partial charge >= 0.3 is 0 Å². The van der Waals surface area contributed by atoms with Crippen LogP contribution in [0.3, 0.4) is 0 Å². The second kappa shape index (κ2) is 9.61. The molecule has 0 spiro atoms. The van der Waals surface area contributed by atoms with Gasteiger partial charge in [-0.2, -0.15) is 0 Å². The van der Waals surface area contributed by atoms with Crippen LogP contribution in [0.25, 0.3) is 11.1 Å². The molecule has 166 valence electrons. The number of benzene rings is 1. The highest BCUT2D eigenvalue weighted by Gasteiger charge is 2.43. The van der Waals surface area contributed by atoms with E-state index in [1.54, 1.807) is 4.90 Å². The topological polar surface area (TPSA) is 49.3 Å². The van der Waals surface area contributed by atoms with Crippen molar-refractivity contribution in [1.29, 1.82) is 0 Å². The number of amides is 1. The molecule has 0 N–H and O–H groups in total. The Labute approximate surface area is 191 Å². The molecule has 5 heteroatoms. The Hall–Kier alpha value is -3.05. The van der Waals surface area contributed by atoms with Crippen LogP contribution in [0.15, 0.2) is 67.0 Å². The van der Waals surface area contributed by atoms with E-state index in [1.807, 2.05) is 51.6 Å². The molecule has 1 aromatic carbocycles. The summed E-state index contributed by atoms with van der Waals surface area (Å²) < 4.78 is 0. The molecule has 32 heavy (non-hydrogen) atoms. The van der Waals surface area contributed by atoms with Crippen molar-refractivity contribution in [2.24, 2.45) is 5.41 Å². The SMILES string of the molecule is Cc1cccc(CN2CCC[C@@](Cc3ccccc3-c3ccncc3)(C(=O)N(C)C)C2)n1. The number of pyridine rings is 2. The van der Waals surface area contributed by atoms with Crippen molar-refractivity contribution in [3.63, 3.8) is 0 Å². The minimum Gasteiger partial charge on any atom is -0.348 e. The molecule has 1 aliphatic rings. The zero-order valence-electron chi connectivity index (χ0n) is 19.3. The number of rotatable bonds is 6. The Morgan fingerprint density at radius 2 is 1.84 bits per heavy atom. The molecule has 3 heterocycles. The Morgan fingerprint density at radius 3 is 2.59 bits per heavy atom. The average Bonchev–Trinajstić information content (AvgIpc) is 2.80. The number of aryl methyl sites for hydroxylation is 1. The first kappa shape index (κ1) is 22.2. The van der Waals surface area contributed by atoms with E-state index in [9.17, 15) is 4.79 Å². The van der Waals surface area contributed by atoms with Crippen LogP contribution < -0.4 is 0 Å². The molecule has 0 unspecified atom stereocenters. The molecule has 0 aliphatic carbocycles. The molecule has 5 nitrogen and oxygen atoms in total. The van der Waals surface area contributed by atoms with E-state index in [0.29, 0.717) is 0 Å². The summed E-state index contributed by atoms with van der Waals surface area (Å²) in [4.78, 5) is 26.6. The van der Waals surface area contributed by atoms with Crippen LogP contribution in [-0.2, 0) is 17.8 Å². The standard InChI is InChI=1S/C27H32N4O/c1-21-8-6-10-24(29-21)19-31-17-7-14-27(20-31,26(32)30(2)3)18-23-9-4-5-11-25(23)22-12-15-28-16-13-22/h4-6,8-13,15-16H,7,14,17-20H2,1-3H3/t27-/m0/s1. The number of carbonyl (C=O) groups is 1. The summed E-state index contributed by atoms with van der Waals surface area (Å²) in [7, 11) is 3.75. The highest BCUT2D eigenvalue weighted by Crippen LogP contribution is 2.38. The Bertz CT molecular complexity index is 1070. The first-order valence-corrected chi connectivity index (χ1v) is 11.3. The minimum atomic E-state index is -0.450. The van der Waals surface area contributed by atoms with E-state index in [2.05, 4.69) is 51.3 Å². The normalized spacial score (nSPS) is 19.0. The van der Waals surface area contributed by atoms with Gasteiger partial charge in [-0.15, -0.1) is 0 Å². The number of piperidine rings is 1. The second-order valence-corrected chi connectivity index (χ2v) is 9.13. The third-order valence-electron chi connectivity index (χ3n) is 6.38. The van der Waals surface area contributed by atoms with E-state index < -0.39 is 5.41 Å². The van der Waals surface area contributed by atoms with Crippen LogP contribution in [0, 0.1) is 12.3 Å². The highest BCUT2D eigenvalue weighted by atomic mass is 16.2. The molecule has 1 atom stereocenters. The van der Waals surface area contributed by atoms with Gasteiger partial charge in [-0.3, -0.25) is 19.7 Å². The van der Waals surface area contributed by atoms with Crippen LogP contribution in [0.2, 0.25) is 0 Å². The van der Waals surface area contributed by atoms with Crippen LogP contribution in [0.1, 0.15) is 29.8 Å². The van der Waals surface area contributed by atoms with Gasteiger partial charge in [-0.1, -0.05) is 30.3 Å².